The van der Waals surface area contributed by atoms with E-state index < -0.39 is 11.6 Å². The molecule has 5 heterocycles. The number of carbonyl (C=O) groups excluding carboxylic acids is 1. The van der Waals surface area contributed by atoms with Gasteiger partial charge in [0, 0.05) is 22.3 Å². The van der Waals surface area contributed by atoms with Gasteiger partial charge in [0.2, 0.25) is 0 Å². The number of fused-ring (bicyclic) bond motifs is 4. The highest BCUT2D eigenvalue weighted by molar-refractivity contribution is 6.52. The van der Waals surface area contributed by atoms with Gasteiger partial charge in [-0.2, -0.15) is 0 Å². The van der Waals surface area contributed by atoms with Crippen LogP contribution in [0.15, 0.2) is 212 Å². The normalized spacial score (nSPS) is 17.5. The molecular weight excluding hydrogens is 677 g/mol. The number of nitrogens with zero attached hydrogens (tertiary/aromatic N) is 4. The number of ether oxygens (including phenoxy) is 1. The molecule has 264 valence electrons. The summed E-state index contributed by atoms with van der Waals surface area (Å²) < 4.78 is 6.16. The summed E-state index contributed by atoms with van der Waals surface area (Å²) in [5.41, 5.74) is 12.3. The Morgan fingerprint density at radius 3 is 1.51 bits per heavy atom. The van der Waals surface area contributed by atoms with Gasteiger partial charge >= 0.3 is 5.97 Å². The first kappa shape index (κ1) is 33.8. The van der Waals surface area contributed by atoms with Gasteiger partial charge in [-0.1, -0.05) is 121 Å². The smallest absolute Gasteiger partial charge is 0.341 e. The van der Waals surface area contributed by atoms with E-state index >= 15 is 0 Å². The molecule has 0 fully saturated rings. The van der Waals surface area contributed by atoms with Crippen LogP contribution in [0.3, 0.4) is 0 Å². The van der Waals surface area contributed by atoms with Crippen molar-refractivity contribution in [3.63, 3.8) is 0 Å². The van der Waals surface area contributed by atoms with Crippen molar-refractivity contribution in [1.29, 1.82) is 0 Å². The predicted molar refractivity (Wildman–Crippen MR) is 225 cm³/mol. The number of hydrogen-bond donors (Lipinski definition) is 0. The molecule has 0 amide bonds. The minimum absolute atomic E-state index is 0.368. The molecule has 0 N–H and O–H groups in total. The third-order valence-electron chi connectivity index (χ3n) is 9.51. The van der Waals surface area contributed by atoms with Crippen LogP contribution in [0.25, 0.3) is 22.3 Å². The molecule has 0 saturated carbocycles. The number of rotatable bonds is 5. The number of allylic oxidation sites excluding steroid dienone is 11. The molecule has 8 bridgehead atoms. The fraction of sp³-hybridized carbons (Fsp3) is 0.0816. The van der Waals surface area contributed by atoms with Gasteiger partial charge in [0.05, 0.1) is 51.2 Å². The van der Waals surface area contributed by atoms with Crippen molar-refractivity contribution < 1.29 is 9.53 Å². The van der Waals surface area contributed by atoms with Crippen LogP contribution in [0.5, 0.6) is 0 Å². The predicted octanol–water partition coefficient (Wildman–Crippen LogP) is 10.4. The van der Waals surface area contributed by atoms with Gasteiger partial charge in [-0.05, 0) is 85.6 Å². The molecule has 9 rings (SSSR count). The lowest BCUT2D eigenvalue weighted by Crippen LogP contribution is -2.25. The quantitative estimate of drug-likeness (QED) is 0.193. The Kier molecular flexibility index (Phi) is 8.43. The Bertz CT molecular complexity index is 2650. The average molecular weight is 713 g/mol. The molecular formula is C49H36N4O2. The van der Waals surface area contributed by atoms with E-state index in [0.29, 0.717) is 28.3 Å². The van der Waals surface area contributed by atoms with Crippen LogP contribution >= 0.6 is 0 Å². The Labute approximate surface area is 320 Å². The average Bonchev–Trinajstić information content (AvgIpc) is 3.99. The fourth-order valence-electron chi connectivity index (χ4n) is 7.27. The summed E-state index contributed by atoms with van der Waals surface area (Å²) in [6, 6.07) is 40.9. The largest absolute Gasteiger partial charge is 0.456 e. The number of benzene rings is 4. The van der Waals surface area contributed by atoms with E-state index in [1.54, 1.807) is 0 Å². The second kappa shape index (κ2) is 13.7. The van der Waals surface area contributed by atoms with Crippen molar-refractivity contribution in [2.45, 2.75) is 26.4 Å². The topological polar surface area (TPSA) is 75.7 Å². The molecule has 0 radical (unpaired) electrons. The molecule has 5 aliphatic heterocycles. The summed E-state index contributed by atoms with van der Waals surface area (Å²) >= 11 is 0. The van der Waals surface area contributed by atoms with Crippen LogP contribution in [-0.2, 0) is 9.53 Å². The molecule has 6 nitrogen and oxygen atoms in total. The summed E-state index contributed by atoms with van der Waals surface area (Å²) in [6.07, 6.45) is 13.8. The maximum absolute atomic E-state index is 14.6. The number of carbonyl (C=O) groups is 1. The molecule has 0 aliphatic carbocycles. The summed E-state index contributed by atoms with van der Waals surface area (Å²) in [5, 5.41) is 0. The Hall–Kier alpha value is -7.05. The molecule has 0 spiro atoms. The van der Waals surface area contributed by atoms with Crippen molar-refractivity contribution in [3.05, 3.63) is 214 Å². The minimum Gasteiger partial charge on any atom is -0.456 e. The number of hydrogen-bond acceptors (Lipinski definition) is 6. The fourth-order valence-corrected chi connectivity index (χ4v) is 7.27. The van der Waals surface area contributed by atoms with Crippen LogP contribution in [0.1, 0.15) is 43.0 Å². The third kappa shape index (κ3) is 6.59. The second-order valence-electron chi connectivity index (χ2n) is 14.6. The Morgan fingerprint density at radius 1 is 0.491 bits per heavy atom. The first-order chi connectivity index (χ1) is 26.8. The van der Waals surface area contributed by atoms with Crippen LogP contribution in [0, 0.1) is 0 Å². The van der Waals surface area contributed by atoms with Gasteiger partial charge in [-0.3, -0.25) is 0 Å². The zero-order valence-electron chi connectivity index (χ0n) is 30.7. The van der Waals surface area contributed by atoms with Gasteiger partial charge < -0.3 is 4.74 Å². The van der Waals surface area contributed by atoms with Crippen molar-refractivity contribution in [1.82, 2.24) is 0 Å². The minimum atomic E-state index is -0.754. The van der Waals surface area contributed by atoms with Crippen LogP contribution < -0.4 is 0 Å². The number of esters is 1. The molecule has 55 heavy (non-hydrogen) atoms. The monoisotopic (exact) mass is 712 g/mol. The van der Waals surface area contributed by atoms with Crippen molar-refractivity contribution in [2.24, 2.45) is 20.0 Å². The lowest BCUT2D eigenvalue weighted by atomic mass is 9.85. The van der Waals surface area contributed by atoms with E-state index in [2.05, 4.69) is 42.5 Å². The highest BCUT2D eigenvalue weighted by Crippen LogP contribution is 2.47. The molecule has 6 heteroatoms. The summed E-state index contributed by atoms with van der Waals surface area (Å²) in [5.74, 6) is -0.467. The third-order valence-corrected chi connectivity index (χ3v) is 9.51. The van der Waals surface area contributed by atoms with E-state index in [9.17, 15) is 4.79 Å². The van der Waals surface area contributed by atoms with Gasteiger partial charge in [-0.15, -0.1) is 0 Å². The van der Waals surface area contributed by atoms with Gasteiger partial charge in [0.15, 0.2) is 0 Å². The zero-order chi connectivity index (χ0) is 37.5. The Morgan fingerprint density at radius 2 is 0.964 bits per heavy atom. The number of aliphatic imine (C=N–C) groups is 4. The van der Waals surface area contributed by atoms with Crippen LogP contribution in [0.2, 0.25) is 0 Å². The zero-order valence-corrected chi connectivity index (χ0v) is 30.7. The van der Waals surface area contributed by atoms with E-state index in [0.717, 1.165) is 67.5 Å². The molecule has 4 aromatic rings. The van der Waals surface area contributed by atoms with Gasteiger partial charge in [-0.25, -0.2) is 24.8 Å². The molecule has 0 aromatic heterocycles. The highest BCUT2D eigenvalue weighted by Gasteiger charge is 2.38. The van der Waals surface area contributed by atoms with Gasteiger partial charge in [0.25, 0.3) is 0 Å². The summed E-state index contributed by atoms with van der Waals surface area (Å²) in [7, 11) is 0. The van der Waals surface area contributed by atoms with Crippen LogP contribution in [0.4, 0.5) is 0 Å². The van der Waals surface area contributed by atoms with E-state index in [-0.39, 0.29) is 0 Å². The molecule has 4 aromatic carbocycles. The Balaban J connectivity index is 1.46. The summed E-state index contributed by atoms with van der Waals surface area (Å²) in [6.45, 7) is 5.64. The maximum atomic E-state index is 14.6. The van der Waals surface area contributed by atoms with E-state index in [1.807, 2.05) is 142 Å². The van der Waals surface area contributed by atoms with E-state index in [4.69, 9.17) is 24.7 Å². The SMILES string of the molecule is CC(C)(C)OC(=O)C1=C(c2ccccc2)C2=NC1=CC1=NC(=CC3=NC(=CC4=NC(=C2c2ccccc2)C(c2ccccc2)=C4c2ccccc2)C=C3)C=C1. The lowest BCUT2D eigenvalue weighted by Gasteiger charge is -2.21. The lowest BCUT2D eigenvalue weighted by molar-refractivity contribution is -0.149. The van der Waals surface area contributed by atoms with E-state index in [1.165, 1.54) is 0 Å². The molecule has 0 atom stereocenters. The molecule has 0 unspecified atom stereocenters. The molecule has 5 aliphatic rings. The first-order valence-corrected chi connectivity index (χ1v) is 18.3. The second-order valence-corrected chi connectivity index (χ2v) is 14.6. The van der Waals surface area contributed by atoms with Crippen molar-refractivity contribution in [3.8, 4) is 0 Å². The van der Waals surface area contributed by atoms with Crippen LogP contribution in [-0.4, -0.2) is 34.4 Å². The first-order valence-electron chi connectivity index (χ1n) is 18.3. The van der Waals surface area contributed by atoms with Crippen molar-refractivity contribution >= 4 is 51.1 Å². The van der Waals surface area contributed by atoms with Gasteiger partial charge in [0.1, 0.15) is 5.60 Å². The highest BCUT2D eigenvalue weighted by atomic mass is 16.6. The summed E-state index contributed by atoms with van der Waals surface area (Å²) in [4.78, 5) is 35.5. The maximum Gasteiger partial charge on any atom is 0.341 e. The van der Waals surface area contributed by atoms with Crippen molar-refractivity contribution in [2.75, 3.05) is 0 Å². The molecule has 0 saturated heterocycles. The standard InChI is InChI=1S/C49H36N4O2/c1-49(2,3)55-48(54)45-40-30-38-27-25-36(51-38)28-35-24-26-37(50-35)29-39-41(31-16-8-4-9-17-31)42(32-18-10-5-11-19-32)46(52-39)44(34-22-14-7-15-23-34)47(53-40)43(45)33-20-12-6-13-21-33/h4-30H,1-3H3.